The minimum atomic E-state index is -0.375. The van der Waals surface area contributed by atoms with E-state index in [2.05, 4.69) is 10.6 Å². The van der Waals surface area contributed by atoms with Crippen LogP contribution in [-0.2, 0) is 11.2 Å². The molecule has 4 heteroatoms. The van der Waals surface area contributed by atoms with Crippen molar-refractivity contribution in [3.05, 3.63) is 59.9 Å². The van der Waals surface area contributed by atoms with E-state index in [4.69, 9.17) is 0 Å². The van der Waals surface area contributed by atoms with Gasteiger partial charge in [-0.2, -0.15) is 0 Å². The van der Waals surface area contributed by atoms with Gasteiger partial charge in [0.1, 0.15) is 5.82 Å². The second kappa shape index (κ2) is 7.20. The van der Waals surface area contributed by atoms with E-state index in [-0.39, 0.29) is 17.1 Å². The van der Waals surface area contributed by atoms with Gasteiger partial charge < -0.3 is 10.6 Å². The van der Waals surface area contributed by atoms with Crippen LogP contribution in [-0.4, -0.2) is 25.0 Å². The van der Waals surface area contributed by atoms with Gasteiger partial charge in [0.05, 0.1) is 5.41 Å². The minimum absolute atomic E-state index is 0.186. The highest BCUT2D eigenvalue weighted by atomic mass is 19.1. The molecule has 1 atom stereocenters. The van der Waals surface area contributed by atoms with Crippen molar-refractivity contribution in [1.82, 2.24) is 10.6 Å². The maximum absolute atomic E-state index is 14.0. The molecule has 1 unspecified atom stereocenters. The maximum atomic E-state index is 14.0. The van der Waals surface area contributed by atoms with Gasteiger partial charge in [0.15, 0.2) is 0 Å². The van der Waals surface area contributed by atoms with Gasteiger partial charge in [-0.3, -0.25) is 4.79 Å². The van der Waals surface area contributed by atoms with E-state index < -0.39 is 0 Å². The van der Waals surface area contributed by atoms with Crippen LogP contribution in [0.3, 0.4) is 0 Å². The van der Waals surface area contributed by atoms with E-state index in [1.807, 2.05) is 30.3 Å². The SMILES string of the molecule is O=C(NC1CC1)C1(Cc2ccc(-c3ccccc3F)cc2)CCCNC1. The number of hydrogen-bond acceptors (Lipinski definition) is 2. The first-order valence-corrected chi connectivity index (χ1v) is 9.52. The molecule has 1 aliphatic heterocycles. The summed E-state index contributed by atoms with van der Waals surface area (Å²) in [4.78, 5) is 12.9. The maximum Gasteiger partial charge on any atom is 0.228 e. The summed E-state index contributed by atoms with van der Waals surface area (Å²) in [7, 11) is 0. The molecule has 0 bridgehead atoms. The van der Waals surface area contributed by atoms with Gasteiger partial charge in [0, 0.05) is 18.2 Å². The molecule has 2 aliphatic rings. The highest BCUT2D eigenvalue weighted by molar-refractivity contribution is 5.84. The Bertz CT molecular complexity index is 777. The highest BCUT2D eigenvalue weighted by Gasteiger charge is 2.41. The first kappa shape index (κ1) is 17.2. The van der Waals surface area contributed by atoms with Crippen LogP contribution in [0, 0.1) is 11.2 Å². The van der Waals surface area contributed by atoms with E-state index >= 15 is 0 Å². The van der Waals surface area contributed by atoms with Gasteiger partial charge in [-0.15, -0.1) is 0 Å². The summed E-state index contributed by atoms with van der Waals surface area (Å²) in [5, 5.41) is 6.61. The molecule has 136 valence electrons. The zero-order valence-electron chi connectivity index (χ0n) is 14.9. The van der Waals surface area contributed by atoms with Crippen LogP contribution in [0.25, 0.3) is 11.1 Å². The van der Waals surface area contributed by atoms with Crippen molar-refractivity contribution in [2.45, 2.75) is 38.1 Å². The Kier molecular flexibility index (Phi) is 4.77. The topological polar surface area (TPSA) is 41.1 Å². The number of benzene rings is 2. The van der Waals surface area contributed by atoms with E-state index in [0.29, 0.717) is 11.6 Å². The highest BCUT2D eigenvalue weighted by Crippen LogP contribution is 2.33. The normalized spacial score (nSPS) is 22.8. The molecule has 1 saturated heterocycles. The molecule has 1 saturated carbocycles. The Morgan fingerprint density at radius 1 is 1.15 bits per heavy atom. The minimum Gasteiger partial charge on any atom is -0.353 e. The Labute approximate surface area is 154 Å². The van der Waals surface area contributed by atoms with Crippen molar-refractivity contribution in [1.29, 1.82) is 0 Å². The van der Waals surface area contributed by atoms with Crippen LogP contribution in [0.5, 0.6) is 0 Å². The van der Waals surface area contributed by atoms with Crippen LogP contribution in [0.2, 0.25) is 0 Å². The van der Waals surface area contributed by atoms with Crippen LogP contribution in [0.15, 0.2) is 48.5 Å². The molecule has 1 aliphatic carbocycles. The van der Waals surface area contributed by atoms with Crippen LogP contribution < -0.4 is 10.6 Å². The van der Waals surface area contributed by atoms with Gasteiger partial charge in [-0.05, 0) is 55.8 Å². The monoisotopic (exact) mass is 352 g/mol. The molecule has 4 rings (SSSR count). The average Bonchev–Trinajstić information content (AvgIpc) is 3.48. The first-order chi connectivity index (χ1) is 12.7. The predicted octanol–water partition coefficient (Wildman–Crippen LogP) is 3.68. The van der Waals surface area contributed by atoms with Crippen molar-refractivity contribution in [3.63, 3.8) is 0 Å². The van der Waals surface area contributed by atoms with Gasteiger partial charge in [-0.25, -0.2) is 4.39 Å². The van der Waals surface area contributed by atoms with Gasteiger partial charge in [0.2, 0.25) is 5.91 Å². The summed E-state index contributed by atoms with van der Waals surface area (Å²) in [5.41, 5.74) is 2.23. The zero-order chi connectivity index (χ0) is 18.0. The average molecular weight is 352 g/mol. The molecule has 2 aromatic carbocycles. The lowest BCUT2D eigenvalue weighted by Crippen LogP contribution is -2.52. The second-order valence-electron chi connectivity index (χ2n) is 7.66. The Balaban J connectivity index is 1.54. The number of rotatable bonds is 5. The quantitative estimate of drug-likeness (QED) is 0.862. The van der Waals surface area contributed by atoms with Crippen molar-refractivity contribution in [2.24, 2.45) is 5.41 Å². The Morgan fingerprint density at radius 3 is 2.58 bits per heavy atom. The largest absolute Gasteiger partial charge is 0.353 e. The summed E-state index contributed by atoms with van der Waals surface area (Å²) in [6, 6.07) is 15.2. The summed E-state index contributed by atoms with van der Waals surface area (Å²) >= 11 is 0. The van der Waals surface area contributed by atoms with Gasteiger partial charge >= 0.3 is 0 Å². The summed E-state index contributed by atoms with van der Waals surface area (Å²) in [5.74, 6) is -0.0256. The second-order valence-corrected chi connectivity index (χ2v) is 7.66. The fourth-order valence-electron chi connectivity index (χ4n) is 3.85. The number of halogens is 1. The molecule has 2 fully saturated rings. The van der Waals surface area contributed by atoms with Crippen LogP contribution >= 0.6 is 0 Å². The van der Waals surface area contributed by atoms with Crippen molar-refractivity contribution < 1.29 is 9.18 Å². The van der Waals surface area contributed by atoms with E-state index in [1.54, 1.807) is 12.1 Å². The summed E-state index contributed by atoms with van der Waals surface area (Å²) in [6.45, 7) is 1.70. The van der Waals surface area contributed by atoms with E-state index in [0.717, 1.165) is 56.3 Å². The standard InChI is InChI=1S/C22H25FN2O/c23-20-5-2-1-4-19(20)17-8-6-16(7-9-17)14-22(12-3-13-24-15-22)21(26)25-18-10-11-18/h1-2,4-9,18,24H,3,10-15H2,(H,25,26). The molecule has 26 heavy (non-hydrogen) atoms. The third-order valence-corrected chi connectivity index (χ3v) is 5.55. The van der Waals surface area contributed by atoms with Crippen molar-refractivity contribution >= 4 is 5.91 Å². The molecular weight excluding hydrogens is 327 g/mol. The van der Waals surface area contributed by atoms with Crippen LogP contribution in [0.4, 0.5) is 4.39 Å². The third-order valence-electron chi connectivity index (χ3n) is 5.55. The molecule has 1 amide bonds. The Hall–Kier alpha value is -2.20. The lowest BCUT2D eigenvalue weighted by molar-refractivity contribution is -0.132. The molecule has 0 aromatic heterocycles. The fraction of sp³-hybridized carbons (Fsp3) is 0.409. The molecule has 1 heterocycles. The third kappa shape index (κ3) is 3.65. The summed E-state index contributed by atoms with van der Waals surface area (Å²) < 4.78 is 14.0. The van der Waals surface area contributed by atoms with Crippen LogP contribution in [0.1, 0.15) is 31.2 Å². The van der Waals surface area contributed by atoms with Gasteiger partial charge in [-0.1, -0.05) is 42.5 Å². The smallest absolute Gasteiger partial charge is 0.228 e. The molecule has 3 nitrogen and oxygen atoms in total. The number of hydrogen-bond donors (Lipinski definition) is 2. The summed E-state index contributed by atoms with van der Waals surface area (Å²) in [6.07, 6.45) is 4.86. The first-order valence-electron chi connectivity index (χ1n) is 9.52. The molecule has 0 radical (unpaired) electrons. The number of piperidine rings is 1. The lowest BCUT2D eigenvalue weighted by atomic mass is 9.74. The Morgan fingerprint density at radius 2 is 1.92 bits per heavy atom. The molecule has 0 spiro atoms. The van der Waals surface area contributed by atoms with Crippen molar-refractivity contribution in [3.8, 4) is 11.1 Å². The number of carbonyl (C=O) groups is 1. The predicted molar refractivity (Wildman–Crippen MR) is 101 cm³/mol. The molecular formula is C22H25FN2O. The molecule has 2 N–H and O–H groups in total. The number of nitrogens with one attached hydrogen (secondary N) is 2. The number of carbonyl (C=O) groups excluding carboxylic acids is 1. The lowest BCUT2D eigenvalue weighted by Gasteiger charge is -2.36. The fourth-order valence-corrected chi connectivity index (χ4v) is 3.85. The zero-order valence-corrected chi connectivity index (χ0v) is 14.9. The number of amides is 1. The van der Waals surface area contributed by atoms with Gasteiger partial charge in [0.25, 0.3) is 0 Å². The van der Waals surface area contributed by atoms with E-state index in [9.17, 15) is 9.18 Å². The van der Waals surface area contributed by atoms with Crippen molar-refractivity contribution in [2.75, 3.05) is 13.1 Å². The molecule has 2 aromatic rings. The van der Waals surface area contributed by atoms with E-state index in [1.165, 1.54) is 6.07 Å².